The van der Waals surface area contributed by atoms with Gasteiger partial charge in [0, 0.05) is 18.5 Å². The van der Waals surface area contributed by atoms with Crippen molar-refractivity contribution in [3.63, 3.8) is 0 Å². The summed E-state index contributed by atoms with van der Waals surface area (Å²) in [6.07, 6.45) is 12.0. The first kappa shape index (κ1) is 42.2. The molecular formula is C40H57N3O6S. The minimum Gasteiger partial charge on any atom is -0.458 e. The quantitative estimate of drug-likeness (QED) is 0.0956. The summed E-state index contributed by atoms with van der Waals surface area (Å²) in [5.74, 6) is 1.63. The van der Waals surface area contributed by atoms with E-state index in [0.717, 1.165) is 31.2 Å². The molecule has 274 valence electrons. The van der Waals surface area contributed by atoms with Crippen LogP contribution >= 0.6 is 11.8 Å². The van der Waals surface area contributed by atoms with E-state index in [4.69, 9.17) is 15.9 Å². The molecule has 0 aromatic heterocycles. The number of nitrogens with zero attached hydrogens (tertiary/aromatic N) is 1. The Balaban J connectivity index is 2.64. The molecule has 9 nitrogen and oxygen atoms in total. The first-order chi connectivity index (χ1) is 23.6. The van der Waals surface area contributed by atoms with Crippen LogP contribution in [-0.4, -0.2) is 70.6 Å². The van der Waals surface area contributed by atoms with Gasteiger partial charge in [-0.2, -0.15) is 11.8 Å². The highest BCUT2D eigenvalue weighted by atomic mass is 32.2. The second-order valence-electron chi connectivity index (χ2n) is 14.4. The number of amides is 3. The average molecular weight is 708 g/mol. The highest BCUT2D eigenvalue weighted by Crippen LogP contribution is 2.26. The first-order valence-electron chi connectivity index (χ1n) is 17.5. The average Bonchev–Trinajstić information content (AvgIpc) is 3.04. The second-order valence-corrected chi connectivity index (χ2v) is 15.4. The number of thioether (sulfide) groups is 1. The minimum absolute atomic E-state index is 0.186. The molecule has 3 amide bonds. The van der Waals surface area contributed by atoms with Crippen molar-refractivity contribution in [2.24, 2.45) is 0 Å². The van der Waals surface area contributed by atoms with Crippen LogP contribution in [-0.2, 0) is 30.3 Å². The number of terminal acetylenes is 1. The molecule has 2 rings (SSSR count). The molecule has 50 heavy (non-hydrogen) atoms. The molecule has 0 fully saturated rings. The van der Waals surface area contributed by atoms with E-state index in [0.29, 0.717) is 29.7 Å². The van der Waals surface area contributed by atoms with Crippen LogP contribution in [0.15, 0.2) is 54.6 Å². The number of benzene rings is 2. The van der Waals surface area contributed by atoms with Gasteiger partial charge in [-0.3, -0.25) is 9.59 Å². The van der Waals surface area contributed by atoms with Crippen LogP contribution < -0.4 is 10.6 Å². The van der Waals surface area contributed by atoms with Crippen molar-refractivity contribution in [1.29, 1.82) is 0 Å². The number of carbonyl (C=O) groups excluding carboxylic acids is 4. The molecule has 3 atom stereocenters. The van der Waals surface area contributed by atoms with Gasteiger partial charge in [0.25, 0.3) is 0 Å². The summed E-state index contributed by atoms with van der Waals surface area (Å²) in [5.41, 5.74) is 0.408. The molecular weight excluding hydrogens is 651 g/mol. The number of unbranched alkanes of at least 4 members (excludes halogenated alkanes) is 4. The molecule has 10 heteroatoms. The van der Waals surface area contributed by atoms with Gasteiger partial charge < -0.3 is 25.0 Å². The van der Waals surface area contributed by atoms with Crippen LogP contribution in [0.25, 0.3) is 0 Å². The largest absolute Gasteiger partial charge is 0.458 e. The predicted molar refractivity (Wildman–Crippen MR) is 202 cm³/mol. The zero-order valence-electron chi connectivity index (χ0n) is 31.2. The van der Waals surface area contributed by atoms with Crippen molar-refractivity contribution in [2.75, 3.05) is 18.6 Å². The van der Waals surface area contributed by atoms with Crippen molar-refractivity contribution in [3.8, 4) is 12.3 Å². The SMILES string of the molecule is C#Cc1ccc(C(C(=O)NC(Cc2ccccc2)C(=O)OC(C)(C)C)N(CCCCCCC)C(=O)C(CCSC)NC(=O)OC(C)(C)C)cc1. The molecule has 0 saturated heterocycles. The third-order valence-electron chi connectivity index (χ3n) is 7.63. The number of esters is 1. The summed E-state index contributed by atoms with van der Waals surface area (Å²) >= 11 is 1.55. The molecule has 0 aliphatic rings. The van der Waals surface area contributed by atoms with Crippen LogP contribution in [0.4, 0.5) is 4.79 Å². The summed E-state index contributed by atoms with van der Waals surface area (Å²) in [5, 5.41) is 5.73. The molecule has 3 unspecified atom stereocenters. The first-order valence-corrected chi connectivity index (χ1v) is 18.9. The van der Waals surface area contributed by atoms with Gasteiger partial charge in [0.05, 0.1) is 0 Å². The second kappa shape index (κ2) is 20.6. The van der Waals surface area contributed by atoms with Crippen LogP contribution in [0.1, 0.15) is 110 Å². The molecule has 0 heterocycles. The van der Waals surface area contributed by atoms with Gasteiger partial charge in [0.15, 0.2) is 0 Å². The molecule has 0 aliphatic heterocycles. The smallest absolute Gasteiger partial charge is 0.408 e. The lowest BCUT2D eigenvalue weighted by Gasteiger charge is -2.35. The number of alkyl carbamates (subject to hydrolysis) is 1. The van der Waals surface area contributed by atoms with E-state index in [1.807, 2.05) is 36.6 Å². The van der Waals surface area contributed by atoms with Crippen molar-refractivity contribution in [1.82, 2.24) is 15.5 Å². The van der Waals surface area contributed by atoms with Crippen LogP contribution in [0.2, 0.25) is 0 Å². The lowest BCUT2D eigenvalue weighted by atomic mass is 9.99. The highest BCUT2D eigenvalue weighted by molar-refractivity contribution is 7.98. The third-order valence-corrected chi connectivity index (χ3v) is 8.27. The molecule has 0 radical (unpaired) electrons. The van der Waals surface area contributed by atoms with Crippen LogP contribution in [0, 0.1) is 12.3 Å². The topological polar surface area (TPSA) is 114 Å². The molecule has 0 saturated carbocycles. The summed E-state index contributed by atoms with van der Waals surface area (Å²) < 4.78 is 11.3. The third kappa shape index (κ3) is 15.3. The maximum Gasteiger partial charge on any atom is 0.408 e. The molecule has 2 aromatic carbocycles. The van der Waals surface area contributed by atoms with Crippen LogP contribution in [0.5, 0.6) is 0 Å². The van der Waals surface area contributed by atoms with Gasteiger partial charge in [-0.05, 0) is 89.7 Å². The Kier molecular flexibility index (Phi) is 17.4. The molecule has 0 spiro atoms. The van der Waals surface area contributed by atoms with E-state index >= 15 is 0 Å². The van der Waals surface area contributed by atoms with E-state index in [-0.39, 0.29) is 13.0 Å². The van der Waals surface area contributed by atoms with E-state index in [1.165, 1.54) is 4.90 Å². The number of nitrogens with one attached hydrogen (secondary N) is 2. The van der Waals surface area contributed by atoms with Gasteiger partial charge in [-0.1, -0.05) is 81.0 Å². The zero-order chi connectivity index (χ0) is 37.3. The van der Waals surface area contributed by atoms with E-state index in [2.05, 4.69) is 23.5 Å². The molecule has 0 bridgehead atoms. The number of carbonyl (C=O) groups is 4. The van der Waals surface area contributed by atoms with Crippen molar-refractivity contribution >= 4 is 35.6 Å². The fourth-order valence-electron chi connectivity index (χ4n) is 5.30. The highest BCUT2D eigenvalue weighted by Gasteiger charge is 2.38. The lowest BCUT2D eigenvalue weighted by Crippen LogP contribution is -2.55. The zero-order valence-corrected chi connectivity index (χ0v) is 32.0. The Morgan fingerprint density at radius 3 is 2.02 bits per heavy atom. The standard InChI is InChI=1S/C40H57N3O6S/c1-10-12-13-14-18-26-43(36(45)32(25-27-50-9)42-38(47)49-40(6,7)8)34(31-23-21-29(11-2)22-24-31)35(44)41-33(37(46)48-39(3,4)5)28-30-19-16-15-17-20-30/h2,15-17,19-24,32-34H,10,12-14,18,25-28H2,1,3-9H3,(H,41,44)(H,42,47). The van der Waals surface area contributed by atoms with Crippen molar-refractivity contribution < 1.29 is 28.7 Å². The minimum atomic E-state index is -1.14. The van der Waals surface area contributed by atoms with Gasteiger partial charge in [0.2, 0.25) is 11.8 Å². The predicted octanol–water partition coefficient (Wildman–Crippen LogP) is 7.22. The normalized spacial score (nSPS) is 13.3. The fraction of sp³-hybridized carbons (Fsp3) is 0.550. The van der Waals surface area contributed by atoms with E-state index in [1.54, 1.807) is 77.6 Å². The maximum atomic E-state index is 14.7. The summed E-state index contributed by atoms with van der Waals surface area (Å²) in [4.78, 5) is 57.4. The van der Waals surface area contributed by atoms with E-state index in [9.17, 15) is 19.2 Å². The number of ether oxygens (including phenoxy) is 2. The monoisotopic (exact) mass is 707 g/mol. The van der Waals surface area contributed by atoms with Gasteiger partial charge in [0.1, 0.15) is 29.3 Å². The molecule has 2 aromatic rings. The van der Waals surface area contributed by atoms with E-state index < -0.39 is 53.2 Å². The summed E-state index contributed by atoms with van der Waals surface area (Å²) in [6, 6.07) is 13.1. The van der Waals surface area contributed by atoms with Crippen molar-refractivity contribution in [2.45, 2.75) is 123 Å². The summed E-state index contributed by atoms with van der Waals surface area (Å²) in [6.45, 7) is 13.0. The number of hydrogen-bond donors (Lipinski definition) is 2. The van der Waals surface area contributed by atoms with Crippen molar-refractivity contribution in [3.05, 3.63) is 71.3 Å². The Morgan fingerprint density at radius 2 is 1.46 bits per heavy atom. The maximum absolute atomic E-state index is 14.7. The Labute approximate surface area is 304 Å². The number of hydrogen-bond acceptors (Lipinski definition) is 7. The lowest BCUT2D eigenvalue weighted by molar-refractivity contribution is -0.159. The number of rotatable bonds is 18. The Hall–Kier alpha value is -3.97. The van der Waals surface area contributed by atoms with Gasteiger partial charge in [-0.25, -0.2) is 9.59 Å². The molecule has 2 N–H and O–H groups in total. The van der Waals surface area contributed by atoms with Crippen LogP contribution in [0.3, 0.4) is 0 Å². The fourth-order valence-corrected chi connectivity index (χ4v) is 5.77. The summed E-state index contributed by atoms with van der Waals surface area (Å²) in [7, 11) is 0. The van der Waals surface area contributed by atoms with Gasteiger partial charge in [-0.15, -0.1) is 6.42 Å². The Morgan fingerprint density at radius 1 is 0.840 bits per heavy atom. The van der Waals surface area contributed by atoms with Gasteiger partial charge >= 0.3 is 12.1 Å². The Bertz CT molecular complexity index is 1410. The molecule has 0 aliphatic carbocycles.